The van der Waals surface area contributed by atoms with E-state index in [9.17, 15) is 9.59 Å². The zero-order valence-electron chi connectivity index (χ0n) is 15.3. The van der Waals surface area contributed by atoms with Crippen molar-refractivity contribution in [2.75, 3.05) is 13.1 Å². The second kappa shape index (κ2) is 6.25. The smallest absolute Gasteiger partial charge is 0.321 e. The Morgan fingerprint density at radius 3 is 2.58 bits per heavy atom. The average Bonchev–Trinajstić information content (AvgIpc) is 3.27. The number of H-pyrrole nitrogens is 1. The Kier molecular flexibility index (Phi) is 4.03. The number of hydrogen-bond donors (Lipinski definition) is 1. The number of imidazole rings is 1. The largest absolute Gasteiger partial charge is 0.329 e. The summed E-state index contributed by atoms with van der Waals surface area (Å²) in [7, 11) is 3.42. The van der Waals surface area contributed by atoms with Crippen molar-refractivity contribution < 1.29 is 0 Å². The minimum Gasteiger partial charge on any atom is -0.321 e. The number of hydrogen-bond acceptors (Lipinski definition) is 4. The summed E-state index contributed by atoms with van der Waals surface area (Å²) in [5.74, 6) is 0.683. The molecular weight excluding hydrogens is 330 g/mol. The third kappa shape index (κ3) is 2.59. The van der Waals surface area contributed by atoms with Gasteiger partial charge in [0, 0.05) is 25.7 Å². The van der Waals surface area contributed by atoms with Crippen LogP contribution in [0, 0.1) is 0 Å². The number of nitrogens with zero attached hydrogens (tertiary/aromatic N) is 4. The maximum atomic E-state index is 12.2. The number of likely N-dealkylation sites (tertiary alicyclic amines) is 1. The van der Waals surface area contributed by atoms with E-state index < -0.39 is 11.2 Å². The first kappa shape index (κ1) is 16.8. The van der Waals surface area contributed by atoms with Crippen LogP contribution in [0.25, 0.3) is 22.6 Å². The molecule has 7 nitrogen and oxygen atoms in total. The van der Waals surface area contributed by atoms with Crippen molar-refractivity contribution in [3.63, 3.8) is 0 Å². The van der Waals surface area contributed by atoms with Gasteiger partial charge in [0.1, 0.15) is 5.82 Å². The lowest BCUT2D eigenvalue weighted by Crippen LogP contribution is -2.29. The van der Waals surface area contributed by atoms with E-state index in [-0.39, 0.29) is 0 Å². The molecule has 4 rings (SSSR count). The first-order chi connectivity index (χ1) is 12.5. The monoisotopic (exact) mass is 353 g/mol. The Morgan fingerprint density at radius 1 is 1.12 bits per heavy atom. The summed E-state index contributed by atoms with van der Waals surface area (Å²) in [6.45, 7) is 4.50. The Balaban J connectivity index is 1.83. The summed E-state index contributed by atoms with van der Waals surface area (Å²) in [6.07, 6.45) is 2.51. The van der Waals surface area contributed by atoms with Gasteiger partial charge in [0.15, 0.2) is 11.2 Å². The zero-order chi connectivity index (χ0) is 18.4. The SMILES string of the molecule is C[C@@H](c1cccc(-c2nc3c(c(=O)[nH]c(=O)n3C)n2C)c1)N1CCCC1. The van der Waals surface area contributed by atoms with Crippen LogP contribution in [0.15, 0.2) is 33.9 Å². The number of nitrogens with one attached hydrogen (secondary N) is 1. The predicted octanol–water partition coefficient (Wildman–Crippen LogP) is 1.78. The Morgan fingerprint density at radius 2 is 1.85 bits per heavy atom. The molecule has 0 spiro atoms. The fraction of sp³-hybridized carbons (Fsp3) is 0.421. The molecule has 1 aromatic carbocycles. The minimum absolute atomic E-state index is 0.347. The molecule has 1 aliphatic rings. The van der Waals surface area contributed by atoms with Crippen LogP contribution in [0.3, 0.4) is 0 Å². The Bertz CT molecular complexity index is 1090. The summed E-state index contributed by atoms with van der Waals surface area (Å²) in [5.41, 5.74) is 2.11. The molecule has 7 heteroatoms. The van der Waals surface area contributed by atoms with Gasteiger partial charge < -0.3 is 4.57 Å². The third-order valence-electron chi connectivity index (χ3n) is 5.45. The van der Waals surface area contributed by atoms with Crippen molar-refractivity contribution in [2.24, 2.45) is 14.1 Å². The van der Waals surface area contributed by atoms with E-state index in [0.29, 0.717) is 23.0 Å². The molecular formula is C19H23N5O2. The van der Waals surface area contributed by atoms with Crippen molar-refractivity contribution in [3.05, 3.63) is 50.7 Å². The molecule has 0 amide bonds. The van der Waals surface area contributed by atoms with E-state index in [4.69, 9.17) is 0 Å². The van der Waals surface area contributed by atoms with Gasteiger partial charge in [-0.25, -0.2) is 9.78 Å². The van der Waals surface area contributed by atoms with Crippen LogP contribution in [0.4, 0.5) is 0 Å². The third-order valence-corrected chi connectivity index (χ3v) is 5.45. The van der Waals surface area contributed by atoms with E-state index in [0.717, 1.165) is 18.7 Å². The highest BCUT2D eigenvalue weighted by atomic mass is 16.2. The molecule has 1 saturated heterocycles. The van der Waals surface area contributed by atoms with E-state index in [1.807, 2.05) is 12.1 Å². The lowest BCUT2D eigenvalue weighted by Gasteiger charge is -2.24. The summed E-state index contributed by atoms with van der Waals surface area (Å²) in [4.78, 5) is 33.5. The molecule has 1 atom stereocenters. The van der Waals surface area contributed by atoms with Gasteiger partial charge in [-0.15, -0.1) is 0 Å². The van der Waals surface area contributed by atoms with Crippen LogP contribution in [0.5, 0.6) is 0 Å². The zero-order valence-corrected chi connectivity index (χ0v) is 15.3. The van der Waals surface area contributed by atoms with Crippen LogP contribution < -0.4 is 11.2 Å². The molecule has 26 heavy (non-hydrogen) atoms. The quantitative estimate of drug-likeness (QED) is 0.779. The molecule has 0 saturated carbocycles. The van der Waals surface area contributed by atoms with Crippen LogP contribution >= 0.6 is 0 Å². The van der Waals surface area contributed by atoms with E-state index >= 15 is 0 Å². The molecule has 136 valence electrons. The highest BCUT2D eigenvalue weighted by molar-refractivity contribution is 5.76. The van der Waals surface area contributed by atoms with Crippen LogP contribution in [-0.4, -0.2) is 37.1 Å². The first-order valence-corrected chi connectivity index (χ1v) is 8.97. The number of aromatic nitrogens is 4. The molecule has 1 N–H and O–H groups in total. The van der Waals surface area contributed by atoms with Crippen molar-refractivity contribution >= 4 is 11.2 Å². The summed E-state index contributed by atoms with van der Waals surface area (Å²) >= 11 is 0. The predicted molar refractivity (Wildman–Crippen MR) is 101 cm³/mol. The van der Waals surface area contributed by atoms with Gasteiger partial charge in [-0.3, -0.25) is 19.2 Å². The van der Waals surface area contributed by atoms with Crippen molar-refractivity contribution in [3.8, 4) is 11.4 Å². The molecule has 0 aliphatic carbocycles. The maximum absolute atomic E-state index is 12.2. The molecule has 3 heterocycles. The van der Waals surface area contributed by atoms with E-state index in [1.54, 1.807) is 18.7 Å². The second-order valence-corrected chi connectivity index (χ2v) is 7.03. The standard InChI is InChI=1S/C19H23N5O2/c1-12(24-9-4-5-10-24)13-7-6-8-14(11-13)16-20-17-15(22(16)2)18(25)21-19(26)23(17)3/h6-8,11-12H,4-5,9-10H2,1-3H3,(H,21,25,26)/t12-/m0/s1. The highest BCUT2D eigenvalue weighted by Gasteiger charge is 2.21. The number of benzene rings is 1. The summed E-state index contributed by atoms with van der Waals surface area (Å²) in [5, 5.41) is 0. The maximum Gasteiger partial charge on any atom is 0.329 e. The molecule has 0 bridgehead atoms. The van der Waals surface area contributed by atoms with E-state index in [2.05, 4.69) is 33.9 Å². The van der Waals surface area contributed by atoms with Gasteiger partial charge in [-0.1, -0.05) is 18.2 Å². The normalized spacial score (nSPS) is 16.4. The first-order valence-electron chi connectivity index (χ1n) is 8.97. The Labute approximate surface area is 150 Å². The molecule has 0 unspecified atom stereocenters. The Hall–Kier alpha value is -2.67. The van der Waals surface area contributed by atoms with Gasteiger partial charge in [0.05, 0.1) is 0 Å². The van der Waals surface area contributed by atoms with Crippen LogP contribution in [-0.2, 0) is 14.1 Å². The van der Waals surface area contributed by atoms with Gasteiger partial charge in [0.2, 0.25) is 0 Å². The van der Waals surface area contributed by atoms with E-state index in [1.165, 1.54) is 23.0 Å². The molecule has 1 fully saturated rings. The van der Waals surface area contributed by atoms with Crippen molar-refractivity contribution in [1.29, 1.82) is 0 Å². The summed E-state index contributed by atoms with van der Waals surface area (Å²) in [6, 6.07) is 8.64. The lowest BCUT2D eigenvalue weighted by atomic mass is 10.0. The molecule has 2 aromatic heterocycles. The number of aromatic amines is 1. The fourth-order valence-corrected chi connectivity index (χ4v) is 3.84. The highest BCUT2D eigenvalue weighted by Crippen LogP contribution is 2.28. The van der Waals surface area contributed by atoms with Gasteiger partial charge in [0.25, 0.3) is 5.56 Å². The number of aryl methyl sites for hydroxylation is 2. The van der Waals surface area contributed by atoms with Crippen molar-refractivity contribution in [2.45, 2.75) is 25.8 Å². The second-order valence-electron chi connectivity index (χ2n) is 7.03. The topological polar surface area (TPSA) is 75.9 Å². The van der Waals surface area contributed by atoms with Crippen LogP contribution in [0.1, 0.15) is 31.4 Å². The van der Waals surface area contributed by atoms with Gasteiger partial charge in [-0.05, 0) is 44.5 Å². The molecule has 1 aliphatic heterocycles. The number of fused-ring (bicyclic) bond motifs is 1. The average molecular weight is 353 g/mol. The number of rotatable bonds is 3. The molecule has 3 aromatic rings. The van der Waals surface area contributed by atoms with Gasteiger partial charge >= 0.3 is 5.69 Å². The minimum atomic E-state index is -0.455. The summed E-state index contributed by atoms with van der Waals surface area (Å²) < 4.78 is 3.13. The lowest BCUT2D eigenvalue weighted by molar-refractivity contribution is 0.263. The van der Waals surface area contributed by atoms with Gasteiger partial charge in [-0.2, -0.15) is 0 Å². The fourth-order valence-electron chi connectivity index (χ4n) is 3.84. The molecule has 0 radical (unpaired) electrons. The van der Waals surface area contributed by atoms with Crippen molar-refractivity contribution in [1.82, 2.24) is 24.0 Å². The van der Waals surface area contributed by atoms with Crippen LogP contribution in [0.2, 0.25) is 0 Å².